The summed E-state index contributed by atoms with van der Waals surface area (Å²) < 4.78 is 7.50. The fraction of sp³-hybridized carbons (Fsp3) is 0.500. The van der Waals surface area contributed by atoms with E-state index in [2.05, 4.69) is 26.2 Å². The Bertz CT molecular complexity index is 496. The minimum absolute atomic E-state index is 0.536. The topological polar surface area (TPSA) is 55.9 Å². The van der Waals surface area contributed by atoms with E-state index in [4.69, 9.17) is 4.52 Å². The van der Waals surface area contributed by atoms with Crippen LogP contribution in [0, 0.1) is 6.92 Å². The maximum Gasteiger partial charge on any atom is 0.274 e. The van der Waals surface area contributed by atoms with Gasteiger partial charge in [0.1, 0.15) is 5.69 Å². The van der Waals surface area contributed by atoms with Crippen LogP contribution in [-0.2, 0) is 0 Å². The van der Waals surface area contributed by atoms with Crippen LogP contribution in [-0.4, -0.2) is 27.8 Å². The molecule has 90 valence electrons. The molecule has 2 aromatic heterocycles. The Morgan fingerprint density at radius 2 is 2.24 bits per heavy atom. The fourth-order valence-electron chi connectivity index (χ4n) is 2.38. The lowest BCUT2D eigenvalue weighted by molar-refractivity contribution is 0.364. The van der Waals surface area contributed by atoms with Gasteiger partial charge in [0, 0.05) is 12.2 Å². The molecule has 0 saturated carbocycles. The molecule has 3 heterocycles. The van der Waals surface area contributed by atoms with Crippen molar-refractivity contribution in [2.45, 2.75) is 25.8 Å². The molecule has 0 spiro atoms. The molecule has 0 amide bonds. The van der Waals surface area contributed by atoms with Crippen LogP contribution in [0.2, 0.25) is 0 Å². The minimum Gasteiger partial charge on any atom is -0.340 e. The zero-order valence-corrected chi connectivity index (χ0v) is 9.89. The van der Waals surface area contributed by atoms with Gasteiger partial charge in [-0.1, -0.05) is 5.16 Å². The van der Waals surface area contributed by atoms with E-state index in [0.717, 1.165) is 31.6 Å². The Morgan fingerprint density at radius 3 is 2.94 bits per heavy atom. The van der Waals surface area contributed by atoms with Crippen LogP contribution in [0.25, 0.3) is 11.6 Å². The molecule has 0 unspecified atom stereocenters. The first-order valence-corrected chi connectivity index (χ1v) is 6.03. The van der Waals surface area contributed by atoms with Crippen LogP contribution in [0.3, 0.4) is 0 Å². The van der Waals surface area contributed by atoms with E-state index in [-0.39, 0.29) is 0 Å². The summed E-state index contributed by atoms with van der Waals surface area (Å²) in [7, 11) is 0. The van der Waals surface area contributed by atoms with E-state index in [1.807, 2.05) is 19.1 Å². The predicted molar refractivity (Wildman–Crippen MR) is 63.6 cm³/mol. The molecule has 1 aliphatic rings. The Morgan fingerprint density at radius 1 is 1.41 bits per heavy atom. The number of hydrogen-bond acceptors (Lipinski definition) is 4. The van der Waals surface area contributed by atoms with Crippen LogP contribution >= 0.6 is 0 Å². The van der Waals surface area contributed by atoms with Crippen molar-refractivity contribution in [2.24, 2.45) is 0 Å². The van der Waals surface area contributed by atoms with Gasteiger partial charge in [0.25, 0.3) is 5.89 Å². The predicted octanol–water partition coefficient (Wildman–Crippen LogP) is 1.77. The molecule has 1 N–H and O–H groups in total. The van der Waals surface area contributed by atoms with Gasteiger partial charge < -0.3 is 14.4 Å². The minimum atomic E-state index is 0.536. The third-order valence-corrected chi connectivity index (χ3v) is 3.23. The average molecular weight is 232 g/mol. The standard InChI is InChI=1S/C12H16N4O/c1-9-14-12(17-15-9)11-3-2-8-16(11)10-4-6-13-7-5-10/h2-3,8,10,13H,4-7H2,1H3. The summed E-state index contributed by atoms with van der Waals surface area (Å²) in [4.78, 5) is 4.29. The Kier molecular flexibility index (Phi) is 2.68. The monoisotopic (exact) mass is 232 g/mol. The van der Waals surface area contributed by atoms with E-state index in [9.17, 15) is 0 Å². The van der Waals surface area contributed by atoms with Gasteiger partial charge in [0.15, 0.2) is 5.82 Å². The average Bonchev–Trinajstić information content (AvgIpc) is 2.98. The van der Waals surface area contributed by atoms with Crippen LogP contribution in [0.1, 0.15) is 24.7 Å². The molecule has 0 bridgehead atoms. The van der Waals surface area contributed by atoms with E-state index in [1.165, 1.54) is 0 Å². The molecule has 0 aliphatic carbocycles. The highest BCUT2D eigenvalue weighted by molar-refractivity contribution is 5.48. The largest absolute Gasteiger partial charge is 0.340 e. The van der Waals surface area contributed by atoms with Gasteiger partial charge in [-0.3, -0.25) is 0 Å². The lowest BCUT2D eigenvalue weighted by atomic mass is 10.1. The van der Waals surface area contributed by atoms with Crippen molar-refractivity contribution in [3.63, 3.8) is 0 Å². The summed E-state index contributed by atoms with van der Waals surface area (Å²) in [5, 5.41) is 7.22. The molecule has 5 heteroatoms. The first-order valence-electron chi connectivity index (χ1n) is 6.03. The van der Waals surface area contributed by atoms with Crippen LogP contribution in [0.4, 0.5) is 0 Å². The molecule has 1 fully saturated rings. The number of aromatic nitrogens is 3. The first kappa shape index (κ1) is 10.5. The second-order valence-corrected chi connectivity index (χ2v) is 4.43. The second kappa shape index (κ2) is 4.33. The van der Waals surface area contributed by atoms with Gasteiger partial charge in [-0.25, -0.2) is 0 Å². The van der Waals surface area contributed by atoms with Gasteiger partial charge in [-0.05, 0) is 45.0 Å². The van der Waals surface area contributed by atoms with Gasteiger partial charge in [0.05, 0.1) is 0 Å². The highest BCUT2D eigenvalue weighted by Gasteiger charge is 2.19. The summed E-state index contributed by atoms with van der Waals surface area (Å²) in [6.07, 6.45) is 4.40. The molecule has 3 rings (SSSR count). The number of aryl methyl sites for hydroxylation is 1. The zero-order chi connectivity index (χ0) is 11.7. The SMILES string of the molecule is Cc1noc(-c2cccn2C2CCNCC2)n1. The number of piperidine rings is 1. The Balaban J connectivity index is 1.93. The summed E-state index contributed by atoms with van der Waals surface area (Å²) in [6.45, 7) is 3.99. The molecule has 0 radical (unpaired) electrons. The zero-order valence-electron chi connectivity index (χ0n) is 9.89. The third-order valence-electron chi connectivity index (χ3n) is 3.23. The molecule has 2 aromatic rings. The highest BCUT2D eigenvalue weighted by atomic mass is 16.5. The summed E-state index contributed by atoms with van der Waals surface area (Å²) in [5.41, 5.74) is 1.03. The maximum atomic E-state index is 5.24. The van der Waals surface area contributed by atoms with E-state index in [0.29, 0.717) is 17.8 Å². The van der Waals surface area contributed by atoms with Crippen molar-refractivity contribution < 1.29 is 4.52 Å². The molecule has 17 heavy (non-hydrogen) atoms. The smallest absolute Gasteiger partial charge is 0.274 e. The van der Waals surface area contributed by atoms with Crippen molar-refractivity contribution in [1.29, 1.82) is 0 Å². The Labute approximate surface area is 99.8 Å². The summed E-state index contributed by atoms with van der Waals surface area (Å²) >= 11 is 0. The highest BCUT2D eigenvalue weighted by Crippen LogP contribution is 2.26. The molecule has 1 aliphatic heterocycles. The molecular formula is C12H16N4O. The Hall–Kier alpha value is -1.62. The quantitative estimate of drug-likeness (QED) is 0.857. The molecule has 1 saturated heterocycles. The van der Waals surface area contributed by atoms with Gasteiger partial charge >= 0.3 is 0 Å². The second-order valence-electron chi connectivity index (χ2n) is 4.43. The maximum absolute atomic E-state index is 5.24. The lowest BCUT2D eigenvalue weighted by Gasteiger charge is -2.25. The van der Waals surface area contributed by atoms with Crippen LogP contribution in [0.15, 0.2) is 22.9 Å². The van der Waals surface area contributed by atoms with Gasteiger partial charge in [-0.15, -0.1) is 0 Å². The number of nitrogens with zero attached hydrogens (tertiary/aromatic N) is 3. The molecule has 0 aromatic carbocycles. The third kappa shape index (κ3) is 1.98. The van der Waals surface area contributed by atoms with Crippen molar-refractivity contribution >= 4 is 0 Å². The van der Waals surface area contributed by atoms with E-state index < -0.39 is 0 Å². The fourth-order valence-corrected chi connectivity index (χ4v) is 2.38. The molecule has 5 nitrogen and oxygen atoms in total. The van der Waals surface area contributed by atoms with Crippen LogP contribution < -0.4 is 5.32 Å². The van der Waals surface area contributed by atoms with Crippen molar-refractivity contribution in [1.82, 2.24) is 20.0 Å². The first-order chi connectivity index (χ1) is 8.34. The van der Waals surface area contributed by atoms with Crippen molar-refractivity contribution in [2.75, 3.05) is 13.1 Å². The number of rotatable bonds is 2. The molecule has 0 atom stereocenters. The molecular weight excluding hydrogens is 216 g/mol. The summed E-state index contributed by atoms with van der Waals surface area (Å²) in [5.74, 6) is 1.30. The van der Waals surface area contributed by atoms with E-state index in [1.54, 1.807) is 0 Å². The number of hydrogen-bond donors (Lipinski definition) is 1. The van der Waals surface area contributed by atoms with Crippen molar-refractivity contribution in [3.05, 3.63) is 24.2 Å². The van der Waals surface area contributed by atoms with Gasteiger partial charge in [0.2, 0.25) is 0 Å². The van der Waals surface area contributed by atoms with Gasteiger partial charge in [-0.2, -0.15) is 4.98 Å². The van der Waals surface area contributed by atoms with Crippen molar-refractivity contribution in [3.8, 4) is 11.6 Å². The van der Waals surface area contributed by atoms with E-state index >= 15 is 0 Å². The van der Waals surface area contributed by atoms with Crippen LogP contribution in [0.5, 0.6) is 0 Å². The summed E-state index contributed by atoms with van der Waals surface area (Å²) in [6, 6.07) is 4.61. The normalized spacial score (nSPS) is 17.5. The number of nitrogens with one attached hydrogen (secondary N) is 1. The lowest BCUT2D eigenvalue weighted by Crippen LogP contribution is -2.29.